The molecule has 1 unspecified atom stereocenters. The molecule has 0 fully saturated rings. The lowest BCUT2D eigenvalue weighted by atomic mass is 10.00. The largest absolute Gasteiger partial charge is 0.388 e. The van der Waals surface area contributed by atoms with E-state index in [2.05, 4.69) is 19.0 Å². The zero-order valence-electron chi connectivity index (χ0n) is 9.90. The molecule has 1 rings (SSSR count). The standard InChI is InChI=1S/C13H21NO/c1-11-7-4-5-8-12(11)13(15)9-6-10-14(2)3/h4-5,7-8,13,15H,6,9-10H2,1-3H3. The first kappa shape index (κ1) is 12.2. The number of benzene rings is 1. The Morgan fingerprint density at radius 2 is 1.93 bits per heavy atom. The Hall–Kier alpha value is -0.860. The Morgan fingerprint density at radius 3 is 2.53 bits per heavy atom. The van der Waals surface area contributed by atoms with Crippen molar-refractivity contribution in [2.75, 3.05) is 20.6 Å². The molecule has 0 aliphatic rings. The second-order valence-corrected chi connectivity index (χ2v) is 4.32. The summed E-state index contributed by atoms with van der Waals surface area (Å²) in [5.74, 6) is 0. The van der Waals surface area contributed by atoms with E-state index in [0.29, 0.717) is 0 Å². The Kier molecular flexibility index (Phi) is 4.79. The number of hydrogen-bond donors (Lipinski definition) is 1. The van der Waals surface area contributed by atoms with Crippen molar-refractivity contribution in [1.82, 2.24) is 4.90 Å². The Balaban J connectivity index is 2.47. The van der Waals surface area contributed by atoms with Gasteiger partial charge in [0.15, 0.2) is 0 Å². The van der Waals surface area contributed by atoms with Gasteiger partial charge in [0.1, 0.15) is 0 Å². The third-order valence-electron chi connectivity index (χ3n) is 2.63. The van der Waals surface area contributed by atoms with Crippen LogP contribution in [0.2, 0.25) is 0 Å². The van der Waals surface area contributed by atoms with Gasteiger partial charge in [-0.15, -0.1) is 0 Å². The van der Waals surface area contributed by atoms with Crippen LogP contribution in [0.4, 0.5) is 0 Å². The molecule has 0 saturated carbocycles. The van der Waals surface area contributed by atoms with Crippen molar-refractivity contribution in [2.24, 2.45) is 0 Å². The van der Waals surface area contributed by atoms with Gasteiger partial charge in [-0.25, -0.2) is 0 Å². The van der Waals surface area contributed by atoms with Crippen LogP contribution in [0.5, 0.6) is 0 Å². The number of aryl methyl sites for hydroxylation is 1. The van der Waals surface area contributed by atoms with Crippen LogP contribution in [0, 0.1) is 6.92 Å². The van der Waals surface area contributed by atoms with Gasteiger partial charge in [-0.2, -0.15) is 0 Å². The summed E-state index contributed by atoms with van der Waals surface area (Å²) in [7, 11) is 4.11. The van der Waals surface area contributed by atoms with Crippen LogP contribution in [0.25, 0.3) is 0 Å². The van der Waals surface area contributed by atoms with Gasteiger partial charge >= 0.3 is 0 Å². The van der Waals surface area contributed by atoms with Gasteiger partial charge in [-0.05, 0) is 51.5 Å². The highest BCUT2D eigenvalue weighted by Gasteiger charge is 2.09. The van der Waals surface area contributed by atoms with E-state index in [1.54, 1.807) is 0 Å². The van der Waals surface area contributed by atoms with Gasteiger partial charge in [-0.3, -0.25) is 0 Å². The summed E-state index contributed by atoms with van der Waals surface area (Å²) in [5, 5.41) is 10.00. The predicted octanol–water partition coefficient (Wildman–Crippen LogP) is 2.37. The topological polar surface area (TPSA) is 23.5 Å². The van der Waals surface area contributed by atoms with E-state index in [9.17, 15) is 5.11 Å². The summed E-state index contributed by atoms with van der Waals surface area (Å²) in [4.78, 5) is 2.14. The van der Waals surface area contributed by atoms with Gasteiger partial charge in [0, 0.05) is 0 Å². The molecule has 2 nitrogen and oxygen atoms in total. The molecule has 2 heteroatoms. The maximum atomic E-state index is 10.00. The highest BCUT2D eigenvalue weighted by molar-refractivity contribution is 5.27. The van der Waals surface area contributed by atoms with E-state index in [1.807, 2.05) is 31.2 Å². The second-order valence-electron chi connectivity index (χ2n) is 4.32. The number of aliphatic hydroxyl groups is 1. The van der Waals surface area contributed by atoms with Crippen LogP contribution in [0.15, 0.2) is 24.3 Å². The Labute approximate surface area is 92.5 Å². The molecule has 1 aromatic carbocycles. The first-order valence-corrected chi connectivity index (χ1v) is 5.49. The minimum absolute atomic E-state index is 0.314. The van der Waals surface area contributed by atoms with Gasteiger partial charge < -0.3 is 10.0 Å². The summed E-state index contributed by atoms with van der Waals surface area (Å²) in [6.45, 7) is 3.08. The lowest BCUT2D eigenvalue weighted by Crippen LogP contribution is -2.14. The number of rotatable bonds is 5. The van der Waals surface area contributed by atoms with E-state index >= 15 is 0 Å². The van der Waals surface area contributed by atoms with Gasteiger partial charge in [0.25, 0.3) is 0 Å². The number of aliphatic hydroxyl groups excluding tert-OH is 1. The smallest absolute Gasteiger partial charge is 0.0793 e. The molecule has 0 aliphatic heterocycles. The summed E-state index contributed by atoms with van der Waals surface area (Å²) >= 11 is 0. The molecule has 1 aromatic rings. The van der Waals surface area contributed by atoms with E-state index in [1.165, 1.54) is 5.56 Å². The third-order valence-corrected chi connectivity index (χ3v) is 2.63. The first-order chi connectivity index (χ1) is 7.11. The van der Waals surface area contributed by atoms with Crippen molar-refractivity contribution < 1.29 is 5.11 Å². The van der Waals surface area contributed by atoms with E-state index in [0.717, 1.165) is 24.9 Å². The Morgan fingerprint density at radius 1 is 1.27 bits per heavy atom. The maximum absolute atomic E-state index is 10.00. The van der Waals surface area contributed by atoms with Gasteiger partial charge in [-0.1, -0.05) is 24.3 Å². The molecule has 0 spiro atoms. The van der Waals surface area contributed by atoms with Crippen molar-refractivity contribution >= 4 is 0 Å². The molecule has 84 valence electrons. The van der Waals surface area contributed by atoms with Crippen LogP contribution in [-0.2, 0) is 0 Å². The van der Waals surface area contributed by atoms with Crippen LogP contribution >= 0.6 is 0 Å². The average molecular weight is 207 g/mol. The van der Waals surface area contributed by atoms with E-state index in [-0.39, 0.29) is 6.10 Å². The van der Waals surface area contributed by atoms with Crippen molar-refractivity contribution in [1.29, 1.82) is 0 Å². The predicted molar refractivity (Wildman–Crippen MR) is 63.9 cm³/mol. The lowest BCUT2D eigenvalue weighted by Gasteiger charge is -2.15. The molecule has 0 saturated heterocycles. The average Bonchev–Trinajstić information content (AvgIpc) is 2.17. The summed E-state index contributed by atoms with van der Waals surface area (Å²) in [6, 6.07) is 8.04. The molecule has 1 N–H and O–H groups in total. The second kappa shape index (κ2) is 5.89. The van der Waals surface area contributed by atoms with Crippen molar-refractivity contribution in [3.63, 3.8) is 0 Å². The molecule has 0 amide bonds. The van der Waals surface area contributed by atoms with Gasteiger partial charge in [0.05, 0.1) is 6.10 Å². The fraction of sp³-hybridized carbons (Fsp3) is 0.538. The van der Waals surface area contributed by atoms with E-state index < -0.39 is 0 Å². The minimum Gasteiger partial charge on any atom is -0.388 e. The van der Waals surface area contributed by atoms with Crippen LogP contribution < -0.4 is 0 Å². The van der Waals surface area contributed by atoms with Crippen LogP contribution in [0.3, 0.4) is 0 Å². The molecule has 0 radical (unpaired) electrons. The molecule has 0 aliphatic carbocycles. The summed E-state index contributed by atoms with van der Waals surface area (Å²) in [6.07, 6.45) is 1.55. The third kappa shape index (κ3) is 4.02. The van der Waals surface area contributed by atoms with Crippen molar-refractivity contribution in [2.45, 2.75) is 25.9 Å². The fourth-order valence-electron chi connectivity index (χ4n) is 1.72. The normalized spacial score (nSPS) is 13.1. The number of hydrogen-bond acceptors (Lipinski definition) is 2. The van der Waals surface area contributed by atoms with Gasteiger partial charge in [0.2, 0.25) is 0 Å². The SMILES string of the molecule is Cc1ccccc1C(O)CCCN(C)C. The zero-order chi connectivity index (χ0) is 11.3. The van der Waals surface area contributed by atoms with Crippen LogP contribution in [0.1, 0.15) is 30.1 Å². The summed E-state index contributed by atoms with van der Waals surface area (Å²) in [5.41, 5.74) is 2.24. The van der Waals surface area contributed by atoms with E-state index in [4.69, 9.17) is 0 Å². The lowest BCUT2D eigenvalue weighted by molar-refractivity contribution is 0.159. The first-order valence-electron chi connectivity index (χ1n) is 5.49. The highest BCUT2D eigenvalue weighted by atomic mass is 16.3. The molecule has 1 atom stereocenters. The van der Waals surface area contributed by atoms with Crippen molar-refractivity contribution in [3.05, 3.63) is 35.4 Å². The fourth-order valence-corrected chi connectivity index (χ4v) is 1.72. The molecule has 0 aromatic heterocycles. The highest BCUT2D eigenvalue weighted by Crippen LogP contribution is 2.21. The molecule has 0 bridgehead atoms. The minimum atomic E-state index is -0.314. The quantitative estimate of drug-likeness (QED) is 0.801. The molecular weight excluding hydrogens is 186 g/mol. The molecular formula is C13H21NO. The number of nitrogens with zero attached hydrogens (tertiary/aromatic N) is 1. The summed E-state index contributed by atoms with van der Waals surface area (Å²) < 4.78 is 0. The monoisotopic (exact) mass is 207 g/mol. The molecule has 15 heavy (non-hydrogen) atoms. The maximum Gasteiger partial charge on any atom is 0.0793 e. The zero-order valence-corrected chi connectivity index (χ0v) is 9.90. The Bertz CT molecular complexity index is 296. The van der Waals surface area contributed by atoms with Crippen LogP contribution in [-0.4, -0.2) is 30.6 Å². The molecule has 0 heterocycles. The van der Waals surface area contributed by atoms with Crippen molar-refractivity contribution in [3.8, 4) is 0 Å².